The Hall–Kier alpha value is -2.56. The number of nitrogens with zero attached hydrogens (tertiary/aromatic N) is 3. The summed E-state index contributed by atoms with van der Waals surface area (Å²) < 4.78 is 54.4. The lowest BCUT2D eigenvalue weighted by molar-refractivity contribution is -0.0713. The van der Waals surface area contributed by atoms with E-state index >= 15 is 0 Å². The number of nitrogens with one attached hydrogen (secondary N) is 1. The van der Waals surface area contributed by atoms with Gasteiger partial charge in [-0.2, -0.15) is 0 Å². The van der Waals surface area contributed by atoms with E-state index in [1.807, 2.05) is 12.1 Å². The Morgan fingerprint density at radius 3 is 2.51 bits per heavy atom. The van der Waals surface area contributed by atoms with Crippen LogP contribution >= 0.6 is 0 Å². The molecule has 1 aromatic carbocycles. The quantitative estimate of drug-likeness (QED) is 0.614. The van der Waals surface area contributed by atoms with E-state index in [2.05, 4.69) is 14.6 Å². The van der Waals surface area contributed by atoms with Gasteiger partial charge in [0, 0.05) is 23.4 Å². The molecule has 0 bridgehead atoms. The average Bonchev–Trinajstić information content (AvgIpc) is 2.81. The Balaban J connectivity index is 1.24. The number of hydrogen-bond donors (Lipinski definition) is 1. The predicted molar refractivity (Wildman–Crippen MR) is 139 cm³/mol. The number of benzene rings is 1. The number of rotatable bonds is 6. The Morgan fingerprint density at radius 2 is 1.92 bits per heavy atom. The maximum atomic E-state index is 14.2. The van der Waals surface area contributed by atoms with E-state index in [1.165, 1.54) is 6.07 Å². The number of ether oxygens (including phenoxy) is 2. The summed E-state index contributed by atoms with van der Waals surface area (Å²) in [6.45, 7) is 8.96. The van der Waals surface area contributed by atoms with Crippen molar-refractivity contribution in [2.45, 2.75) is 68.9 Å². The molecule has 0 aliphatic carbocycles. The molecule has 3 fully saturated rings. The molecule has 3 aliphatic heterocycles. The van der Waals surface area contributed by atoms with Crippen LogP contribution in [0.1, 0.15) is 62.4 Å². The van der Waals surface area contributed by atoms with Crippen LogP contribution in [0.5, 0.6) is 0 Å². The molecule has 3 aliphatic rings. The molecule has 200 valence electrons. The molecular weight excluding hydrogens is 495 g/mol. The van der Waals surface area contributed by atoms with Crippen molar-refractivity contribution >= 4 is 16.0 Å². The first-order valence-corrected chi connectivity index (χ1v) is 14.5. The zero-order valence-corrected chi connectivity index (χ0v) is 22.4. The summed E-state index contributed by atoms with van der Waals surface area (Å²) in [5, 5.41) is -0.844. The van der Waals surface area contributed by atoms with Gasteiger partial charge in [-0.25, -0.2) is 22.5 Å². The molecule has 5 rings (SSSR count). The van der Waals surface area contributed by atoms with Crippen LogP contribution in [0.15, 0.2) is 47.6 Å². The minimum atomic E-state index is -3.80. The first kappa shape index (κ1) is 26.1. The lowest BCUT2D eigenvalue weighted by atomic mass is 9.91. The molecule has 0 radical (unpaired) electrons. The molecule has 10 heteroatoms. The highest BCUT2D eigenvalue weighted by Gasteiger charge is 2.47. The molecule has 3 saturated heterocycles. The van der Waals surface area contributed by atoms with E-state index in [0.29, 0.717) is 17.5 Å². The predicted octanol–water partition coefficient (Wildman–Crippen LogP) is 3.56. The number of amidine groups is 1. The van der Waals surface area contributed by atoms with Crippen LogP contribution in [0.2, 0.25) is 0 Å². The number of sulfonamides is 1. The highest BCUT2D eigenvalue weighted by Crippen LogP contribution is 2.32. The molecule has 2 atom stereocenters. The van der Waals surface area contributed by atoms with E-state index in [0.717, 1.165) is 50.4 Å². The van der Waals surface area contributed by atoms with E-state index in [-0.39, 0.29) is 12.4 Å². The molecule has 1 N–H and O–H groups in total. The number of aromatic nitrogens is 1. The largest absolute Gasteiger partial charge is 0.457 e. The second kappa shape index (κ2) is 10.3. The summed E-state index contributed by atoms with van der Waals surface area (Å²) >= 11 is 0. The zero-order valence-electron chi connectivity index (χ0n) is 21.6. The van der Waals surface area contributed by atoms with Crippen LogP contribution < -0.4 is 4.72 Å². The maximum Gasteiger partial charge on any atom is 0.299 e. The fourth-order valence-corrected chi connectivity index (χ4v) is 7.06. The molecule has 1 unspecified atom stereocenters. The number of likely N-dealkylation sites (tertiary alicyclic amines) is 1. The number of hydrogen-bond acceptors (Lipinski definition) is 7. The number of pyridine rings is 1. The van der Waals surface area contributed by atoms with Crippen LogP contribution in [0.3, 0.4) is 0 Å². The third-order valence-corrected chi connectivity index (χ3v) is 9.70. The highest BCUT2D eigenvalue weighted by molar-refractivity contribution is 7.90. The lowest BCUT2D eigenvalue weighted by Crippen LogP contribution is -2.59. The van der Waals surface area contributed by atoms with Gasteiger partial charge in [0.2, 0.25) is 10.0 Å². The summed E-state index contributed by atoms with van der Waals surface area (Å²) in [6.07, 6.45) is 4.18. The summed E-state index contributed by atoms with van der Waals surface area (Å²) in [4.78, 5) is 11.5. The Morgan fingerprint density at radius 1 is 1.19 bits per heavy atom. The standard InChI is InChI=1S/C27H35FN4O4S/c1-18(22-6-4-5-7-23(22)28)30-26-31-37(33,34)25(27(2,3)36-26)14-19-8-9-24(29-15-19)20-10-12-32(13-11-20)21-16-35-17-21/h4-9,15,18,20-21,25H,10-14,16-17H2,1-3H3,(H,30,31)/t18-,25?/m0/s1. The normalized spacial score (nSPS) is 26.2. The van der Waals surface area contributed by atoms with Crippen LogP contribution in [0.25, 0.3) is 0 Å². The number of piperidine rings is 1. The van der Waals surface area contributed by atoms with Gasteiger partial charge in [0.05, 0.1) is 25.3 Å². The van der Waals surface area contributed by atoms with Gasteiger partial charge in [-0.3, -0.25) is 9.88 Å². The van der Waals surface area contributed by atoms with Gasteiger partial charge in [0.25, 0.3) is 6.02 Å². The van der Waals surface area contributed by atoms with Gasteiger partial charge in [-0.1, -0.05) is 24.3 Å². The van der Waals surface area contributed by atoms with E-state index in [1.54, 1.807) is 45.2 Å². The first-order chi connectivity index (χ1) is 17.6. The van der Waals surface area contributed by atoms with Gasteiger partial charge in [0.1, 0.15) is 16.7 Å². The second-order valence-electron chi connectivity index (χ2n) is 10.8. The molecular formula is C27H35FN4O4S. The van der Waals surface area contributed by atoms with Crippen LogP contribution in [0.4, 0.5) is 4.39 Å². The summed E-state index contributed by atoms with van der Waals surface area (Å²) in [7, 11) is -3.80. The number of halogens is 1. The third-order valence-electron chi connectivity index (χ3n) is 7.76. The van der Waals surface area contributed by atoms with Gasteiger partial charge >= 0.3 is 0 Å². The minimum absolute atomic E-state index is 0.120. The van der Waals surface area contributed by atoms with Crippen molar-refractivity contribution in [3.63, 3.8) is 0 Å². The monoisotopic (exact) mass is 530 g/mol. The fourth-order valence-electron chi connectivity index (χ4n) is 5.38. The Kier molecular flexibility index (Phi) is 7.26. The first-order valence-electron chi connectivity index (χ1n) is 12.9. The van der Waals surface area contributed by atoms with Crippen molar-refractivity contribution in [2.24, 2.45) is 4.99 Å². The van der Waals surface area contributed by atoms with E-state index in [9.17, 15) is 12.8 Å². The van der Waals surface area contributed by atoms with Gasteiger partial charge in [-0.15, -0.1) is 0 Å². The van der Waals surface area contributed by atoms with E-state index < -0.39 is 32.7 Å². The lowest BCUT2D eigenvalue weighted by Gasteiger charge is -2.41. The topological polar surface area (TPSA) is 93.1 Å². The third kappa shape index (κ3) is 5.66. The van der Waals surface area contributed by atoms with Gasteiger partial charge in [-0.05, 0) is 70.8 Å². The second-order valence-corrected chi connectivity index (χ2v) is 12.6. The SMILES string of the molecule is C[C@H](N=C1NS(=O)(=O)C(Cc2ccc(C3CCN(C4COC4)CC3)nc2)C(C)(C)O1)c1ccccc1F. The molecule has 2 aromatic rings. The van der Waals surface area contributed by atoms with Crippen molar-refractivity contribution in [3.8, 4) is 0 Å². The highest BCUT2D eigenvalue weighted by atomic mass is 32.2. The van der Waals surface area contributed by atoms with Crippen LogP contribution in [-0.2, 0) is 25.9 Å². The van der Waals surface area contributed by atoms with Crippen LogP contribution in [-0.4, -0.2) is 67.5 Å². The molecule has 0 spiro atoms. The van der Waals surface area contributed by atoms with Crippen LogP contribution in [0, 0.1) is 5.82 Å². The maximum absolute atomic E-state index is 14.2. The number of aliphatic imine (C=N–C) groups is 1. The summed E-state index contributed by atoms with van der Waals surface area (Å²) in [5.41, 5.74) is 1.21. The van der Waals surface area contributed by atoms with Crippen molar-refractivity contribution in [1.82, 2.24) is 14.6 Å². The molecule has 0 saturated carbocycles. The Labute approximate surface area is 218 Å². The van der Waals surface area contributed by atoms with Crippen molar-refractivity contribution in [2.75, 3.05) is 26.3 Å². The van der Waals surface area contributed by atoms with E-state index in [4.69, 9.17) is 14.5 Å². The zero-order chi connectivity index (χ0) is 26.2. The molecule has 8 nitrogen and oxygen atoms in total. The molecule has 0 amide bonds. The summed E-state index contributed by atoms with van der Waals surface area (Å²) in [6, 6.07) is 10.1. The van der Waals surface area contributed by atoms with Crippen molar-refractivity contribution < 1.29 is 22.3 Å². The fraction of sp³-hybridized carbons (Fsp3) is 0.556. The van der Waals surface area contributed by atoms with Crippen molar-refractivity contribution in [3.05, 3.63) is 65.2 Å². The van der Waals surface area contributed by atoms with Gasteiger partial charge < -0.3 is 9.47 Å². The van der Waals surface area contributed by atoms with Gasteiger partial charge in [0.15, 0.2) is 0 Å². The molecule has 1 aromatic heterocycles. The smallest absolute Gasteiger partial charge is 0.299 e. The Bertz CT molecular complexity index is 1240. The molecule has 37 heavy (non-hydrogen) atoms. The summed E-state index contributed by atoms with van der Waals surface area (Å²) in [5.74, 6) is 0.0194. The molecule has 4 heterocycles. The minimum Gasteiger partial charge on any atom is -0.457 e. The average molecular weight is 531 g/mol. The van der Waals surface area contributed by atoms with Crippen molar-refractivity contribution in [1.29, 1.82) is 0 Å².